The lowest BCUT2D eigenvalue weighted by Crippen LogP contribution is -1.90. The van der Waals surface area contributed by atoms with Crippen molar-refractivity contribution in [1.82, 2.24) is 0 Å². The quantitative estimate of drug-likeness (QED) is 0.572. The second kappa shape index (κ2) is 6.23. The molecular formula is C13H18O2. The zero-order chi connectivity index (χ0) is 11.1. The van der Waals surface area contributed by atoms with Gasteiger partial charge in [0.1, 0.15) is 5.75 Å². The third kappa shape index (κ3) is 3.39. The summed E-state index contributed by atoms with van der Waals surface area (Å²) in [5, 5.41) is 9.71. The fourth-order valence-corrected chi connectivity index (χ4v) is 1.65. The highest BCUT2D eigenvalue weighted by Crippen LogP contribution is 2.22. The minimum atomic E-state index is 0.156. The molecule has 0 bridgehead atoms. The van der Waals surface area contributed by atoms with Gasteiger partial charge >= 0.3 is 0 Å². The molecule has 0 aliphatic rings. The number of phenolic OH excluding ortho intramolecular Hbond substituents is 1. The van der Waals surface area contributed by atoms with E-state index in [9.17, 15) is 9.90 Å². The average Bonchev–Trinajstić information content (AvgIpc) is 2.26. The first-order valence-electron chi connectivity index (χ1n) is 5.55. The number of rotatable bonds is 6. The standard InChI is InChI=1S/C13H18O2/c1-2-3-4-5-7-11-8-6-9-12(10-14)13(11)15/h6,8-10,15H,2-5,7H2,1H3. The maximum atomic E-state index is 10.6. The Bertz CT molecular complexity index is 318. The van der Waals surface area contributed by atoms with Crippen molar-refractivity contribution in [3.63, 3.8) is 0 Å². The first kappa shape index (κ1) is 11.8. The number of unbranched alkanes of at least 4 members (excludes halogenated alkanes) is 3. The number of hydrogen-bond donors (Lipinski definition) is 1. The molecule has 1 rings (SSSR count). The molecule has 15 heavy (non-hydrogen) atoms. The van der Waals surface area contributed by atoms with Gasteiger partial charge in [-0.3, -0.25) is 4.79 Å². The Morgan fingerprint density at radius 2 is 2.07 bits per heavy atom. The zero-order valence-electron chi connectivity index (χ0n) is 9.20. The molecule has 0 aromatic heterocycles. The molecule has 0 aliphatic carbocycles. The molecule has 0 amide bonds. The van der Waals surface area contributed by atoms with Crippen molar-refractivity contribution in [2.75, 3.05) is 0 Å². The van der Waals surface area contributed by atoms with Crippen LogP contribution in [0.15, 0.2) is 18.2 Å². The van der Waals surface area contributed by atoms with Crippen LogP contribution in [0, 0.1) is 0 Å². The van der Waals surface area contributed by atoms with Gasteiger partial charge in [-0.1, -0.05) is 38.3 Å². The molecule has 0 aliphatic heterocycles. The van der Waals surface area contributed by atoms with Crippen molar-refractivity contribution in [2.45, 2.75) is 39.0 Å². The van der Waals surface area contributed by atoms with Crippen LogP contribution in [0.2, 0.25) is 0 Å². The van der Waals surface area contributed by atoms with Gasteiger partial charge < -0.3 is 5.11 Å². The van der Waals surface area contributed by atoms with Crippen LogP contribution in [-0.4, -0.2) is 11.4 Å². The summed E-state index contributed by atoms with van der Waals surface area (Å²) >= 11 is 0. The van der Waals surface area contributed by atoms with Crippen molar-refractivity contribution in [2.24, 2.45) is 0 Å². The van der Waals surface area contributed by atoms with E-state index < -0.39 is 0 Å². The lowest BCUT2D eigenvalue weighted by molar-refractivity contribution is 0.112. The van der Waals surface area contributed by atoms with Gasteiger partial charge in [0.05, 0.1) is 5.56 Å². The number of aryl methyl sites for hydroxylation is 1. The molecule has 2 nitrogen and oxygen atoms in total. The summed E-state index contributed by atoms with van der Waals surface area (Å²) in [4.78, 5) is 10.6. The smallest absolute Gasteiger partial charge is 0.153 e. The van der Waals surface area contributed by atoms with Gasteiger partial charge in [-0.2, -0.15) is 0 Å². The van der Waals surface area contributed by atoms with E-state index in [1.807, 2.05) is 12.1 Å². The van der Waals surface area contributed by atoms with Crippen molar-refractivity contribution in [1.29, 1.82) is 0 Å². The van der Waals surface area contributed by atoms with Crippen LogP contribution in [-0.2, 0) is 6.42 Å². The van der Waals surface area contributed by atoms with E-state index in [1.54, 1.807) is 6.07 Å². The molecule has 2 heteroatoms. The lowest BCUT2D eigenvalue weighted by Gasteiger charge is -2.05. The van der Waals surface area contributed by atoms with Crippen molar-refractivity contribution in [3.05, 3.63) is 29.3 Å². The van der Waals surface area contributed by atoms with E-state index in [-0.39, 0.29) is 5.75 Å². The molecular weight excluding hydrogens is 188 g/mol. The number of hydrogen-bond acceptors (Lipinski definition) is 2. The van der Waals surface area contributed by atoms with E-state index in [0.29, 0.717) is 11.8 Å². The van der Waals surface area contributed by atoms with Gasteiger partial charge in [0.2, 0.25) is 0 Å². The first-order chi connectivity index (χ1) is 7.29. The topological polar surface area (TPSA) is 37.3 Å². The molecule has 0 unspecified atom stereocenters. The van der Waals surface area contributed by atoms with Crippen molar-refractivity contribution >= 4 is 6.29 Å². The van der Waals surface area contributed by atoms with Gasteiger partial charge in [-0.25, -0.2) is 0 Å². The Balaban J connectivity index is 2.57. The molecule has 1 aromatic rings. The molecule has 0 saturated heterocycles. The number of carbonyl (C=O) groups excluding carboxylic acids is 1. The molecule has 1 aromatic carbocycles. The van der Waals surface area contributed by atoms with Gasteiger partial charge in [0, 0.05) is 0 Å². The molecule has 0 heterocycles. The van der Waals surface area contributed by atoms with E-state index in [4.69, 9.17) is 0 Å². The van der Waals surface area contributed by atoms with Gasteiger partial charge in [-0.05, 0) is 24.5 Å². The zero-order valence-corrected chi connectivity index (χ0v) is 9.20. The first-order valence-corrected chi connectivity index (χ1v) is 5.55. The Morgan fingerprint density at radius 3 is 2.73 bits per heavy atom. The second-order valence-electron chi connectivity index (χ2n) is 3.78. The second-order valence-corrected chi connectivity index (χ2v) is 3.78. The van der Waals surface area contributed by atoms with E-state index in [2.05, 4.69) is 6.92 Å². The van der Waals surface area contributed by atoms with Crippen LogP contribution in [0.25, 0.3) is 0 Å². The third-order valence-corrected chi connectivity index (χ3v) is 2.58. The molecule has 1 N–H and O–H groups in total. The number of benzene rings is 1. The summed E-state index contributed by atoms with van der Waals surface area (Å²) in [7, 11) is 0. The Labute approximate surface area is 90.9 Å². The lowest BCUT2D eigenvalue weighted by atomic mass is 10.0. The highest BCUT2D eigenvalue weighted by atomic mass is 16.3. The summed E-state index contributed by atoms with van der Waals surface area (Å²) in [6.07, 6.45) is 6.25. The van der Waals surface area contributed by atoms with Crippen molar-refractivity contribution < 1.29 is 9.90 Å². The Kier molecular flexibility index (Phi) is 4.88. The normalized spacial score (nSPS) is 10.2. The van der Waals surface area contributed by atoms with Gasteiger partial charge in [-0.15, -0.1) is 0 Å². The largest absolute Gasteiger partial charge is 0.507 e. The number of para-hydroxylation sites is 1. The monoisotopic (exact) mass is 206 g/mol. The Hall–Kier alpha value is -1.31. The molecule has 0 atom stereocenters. The van der Waals surface area contributed by atoms with Crippen LogP contribution in [0.5, 0.6) is 5.75 Å². The summed E-state index contributed by atoms with van der Waals surface area (Å²) in [5.74, 6) is 0.156. The minimum Gasteiger partial charge on any atom is -0.507 e. The Morgan fingerprint density at radius 1 is 1.27 bits per heavy atom. The summed E-state index contributed by atoms with van der Waals surface area (Å²) < 4.78 is 0. The van der Waals surface area contributed by atoms with Crippen LogP contribution >= 0.6 is 0 Å². The maximum absolute atomic E-state index is 10.6. The number of aldehydes is 1. The van der Waals surface area contributed by atoms with Gasteiger partial charge in [0.25, 0.3) is 0 Å². The predicted molar refractivity (Wildman–Crippen MR) is 61.3 cm³/mol. The van der Waals surface area contributed by atoms with Crippen LogP contribution in [0.4, 0.5) is 0 Å². The van der Waals surface area contributed by atoms with E-state index in [1.165, 1.54) is 19.3 Å². The highest BCUT2D eigenvalue weighted by molar-refractivity contribution is 5.79. The maximum Gasteiger partial charge on any atom is 0.153 e. The predicted octanol–water partition coefficient (Wildman–Crippen LogP) is 3.33. The third-order valence-electron chi connectivity index (χ3n) is 2.58. The molecule has 82 valence electrons. The fourth-order valence-electron chi connectivity index (χ4n) is 1.65. The molecule has 0 radical (unpaired) electrons. The van der Waals surface area contributed by atoms with E-state index in [0.717, 1.165) is 18.4 Å². The van der Waals surface area contributed by atoms with Crippen LogP contribution in [0.3, 0.4) is 0 Å². The number of aromatic hydroxyl groups is 1. The summed E-state index contributed by atoms with van der Waals surface area (Å²) in [6, 6.07) is 5.34. The minimum absolute atomic E-state index is 0.156. The summed E-state index contributed by atoms with van der Waals surface area (Å²) in [6.45, 7) is 2.17. The molecule has 0 fully saturated rings. The SMILES string of the molecule is CCCCCCc1cccc(C=O)c1O. The van der Waals surface area contributed by atoms with Crippen LogP contribution < -0.4 is 0 Å². The van der Waals surface area contributed by atoms with E-state index >= 15 is 0 Å². The summed E-state index contributed by atoms with van der Waals surface area (Å²) in [5.41, 5.74) is 1.28. The van der Waals surface area contributed by atoms with Crippen LogP contribution in [0.1, 0.15) is 48.5 Å². The van der Waals surface area contributed by atoms with Crippen molar-refractivity contribution in [3.8, 4) is 5.75 Å². The van der Waals surface area contributed by atoms with Gasteiger partial charge in [0.15, 0.2) is 6.29 Å². The average molecular weight is 206 g/mol. The number of carbonyl (C=O) groups is 1. The molecule has 0 spiro atoms. The fraction of sp³-hybridized carbons (Fsp3) is 0.462. The number of phenols is 1. The highest BCUT2D eigenvalue weighted by Gasteiger charge is 2.05. The molecule has 0 saturated carbocycles.